The van der Waals surface area contributed by atoms with Crippen LogP contribution in [-0.2, 0) is 9.53 Å². The summed E-state index contributed by atoms with van der Waals surface area (Å²) in [5.74, 6) is -0.749. The summed E-state index contributed by atoms with van der Waals surface area (Å²) < 4.78 is 4.79. The van der Waals surface area contributed by atoms with Crippen LogP contribution in [0.15, 0.2) is 0 Å². The maximum Gasteiger partial charge on any atom is 0.314 e. The van der Waals surface area contributed by atoms with E-state index in [1.54, 1.807) is 7.11 Å². The molecule has 0 rings (SSSR count). The zero-order valence-corrected chi connectivity index (χ0v) is 10.3. The summed E-state index contributed by atoms with van der Waals surface area (Å²) in [4.78, 5) is 21.4. The molecule has 6 nitrogen and oxygen atoms in total. The van der Waals surface area contributed by atoms with Crippen molar-refractivity contribution in [3.63, 3.8) is 0 Å². The molecule has 0 saturated heterocycles. The van der Waals surface area contributed by atoms with Crippen molar-refractivity contribution >= 4 is 12.0 Å². The molecule has 100 valence electrons. The molecule has 6 heteroatoms. The van der Waals surface area contributed by atoms with Gasteiger partial charge < -0.3 is 20.5 Å². The zero-order valence-electron chi connectivity index (χ0n) is 10.3. The van der Waals surface area contributed by atoms with Crippen LogP contribution in [0.5, 0.6) is 0 Å². The van der Waals surface area contributed by atoms with Gasteiger partial charge in [0.1, 0.15) is 0 Å². The lowest BCUT2D eigenvalue weighted by atomic mass is 10.1. The number of urea groups is 1. The Kier molecular flexibility index (Phi) is 10.3. The fourth-order valence-corrected chi connectivity index (χ4v) is 1.29. The van der Waals surface area contributed by atoms with Crippen LogP contribution >= 0.6 is 0 Å². The average Bonchev–Trinajstić information content (AvgIpc) is 2.28. The number of carboxylic acids is 1. The number of hydrogen-bond acceptors (Lipinski definition) is 3. The molecular weight excluding hydrogens is 224 g/mol. The maximum absolute atomic E-state index is 11.1. The van der Waals surface area contributed by atoms with E-state index in [0.29, 0.717) is 26.1 Å². The van der Waals surface area contributed by atoms with Gasteiger partial charge in [-0.15, -0.1) is 0 Å². The highest BCUT2D eigenvalue weighted by Crippen LogP contribution is 2.01. The zero-order chi connectivity index (χ0) is 12.9. The fraction of sp³-hybridized carbons (Fsp3) is 0.818. The third-order valence-electron chi connectivity index (χ3n) is 2.19. The molecule has 0 radical (unpaired) electrons. The summed E-state index contributed by atoms with van der Waals surface area (Å²) in [6, 6.07) is -0.187. The third kappa shape index (κ3) is 12.6. The van der Waals surface area contributed by atoms with Crippen molar-refractivity contribution in [1.29, 1.82) is 0 Å². The number of nitrogens with one attached hydrogen (secondary N) is 2. The first-order chi connectivity index (χ1) is 8.16. The molecule has 2 amide bonds. The number of rotatable bonds is 10. The smallest absolute Gasteiger partial charge is 0.314 e. The van der Waals surface area contributed by atoms with Crippen molar-refractivity contribution < 1.29 is 19.4 Å². The van der Waals surface area contributed by atoms with E-state index in [4.69, 9.17) is 9.84 Å². The molecule has 0 unspecified atom stereocenters. The van der Waals surface area contributed by atoms with Crippen molar-refractivity contribution in [2.24, 2.45) is 0 Å². The van der Waals surface area contributed by atoms with E-state index in [0.717, 1.165) is 19.3 Å². The van der Waals surface area contributed by atoms with Crippen molar-refractivity contribution in [3.05, 3.63) is 0 Å². The lowest BCUT2D eigenvalue weighted by Crippen LogP contribution is -2.37. The molecule has 0 bridgehead atoms. The second-order valence-corrected chi connectivity index (χ2v) is 3.73. The predicted molar refractivity (Wildman–Crippen MR) is 64.0 cm³/mol. The second kappa shape index (κ2) is 11.2. The SMILES string of the molecule is COCCNC(=O)NCCCCCCC(=O)O. The lowest BCUT2D eigenvalue weighted by Gasteiger charge is -2.06. The predicted octanol–water partition coefficient (Wildman–Crippen LogP) is 0.967. The van der Waals surface area contributed by atoms with Crippen LogP contribution in [0.2, 0.25) is 0 Å². The summed E-state index contributed by atoms with van der Waals surface area (Å²) in [5, 5.41) is 13.8. The van der Waals surface area contributed by atoms with Gasteiger partial charge in [-0.2, -0.15) is 0 Å². The summed E-state index contributed by atoms with van der Waals surface area (Å²) in [6.07, 6.45) is 3.63. The fourth-order valence-electron chi connectivity index (χ4n) is 1.29. The standard InChI is InChI=1S/C11H22N2O4/c1-17-9-8-13-11(16)12-7-5-3-2-4-6-10(14)15/h2-9H2,1H3,(H,14,15)(H2,12,13,16). The number of ether oxygens (including phenoxy) is 1. The Labute approximate surface area is 102 Å². The first-order valence-electron chi connectivity index (χ1n) is 5.89. The van der Waals surface area contributed by atoms with Gasteiger partial charge in [0.05, 0.1) is 6.61 Å². The van der Waals surface area contributed by atoms with E-state index in [1.165, 1.54) is 0 Å². The Balaban J connectivity index is 3.16. The highest BCUT2D eigenvalue weighted by Gasteiger charge is 1.99. The Hall–Kier alpha value is -1.30. The minimum atomic E-state index is -0.749. The van der Waals surface area contributed by atoms with E-state index in [2.05, 4.69) is 10.6 Å². The van der Waals surface area contributed by atoms with Gasteiger partial charge in [0.15, 0.2) is 0 Å². The quantitative estimate of drug-likeness (QED) is 0.501. The minimum absolute atomic E-state index is 0.187. The first kappa shape index (κ1) is 15.7. The molecule has 0 aliphatic heterocycles. The largest absolute Gasteiger partial charge is 0.481 e. The third-order valence-corrected chi connectivity index (χ3v) is 2.19. The topological polar surface area (TPSA) is 87.7 Å². The first-order valence-corrected chi connectivity index (χ1v) is 5.89. The average molecular weight is 246 g/mol. The molecule has 17 heavy (non-hydrogen) atoms. The molecule has 0 fully saturated rings. The van der Waals surface area contributed by atoms with Gasteiger partial charge in [0.2, 0.25) is 0 Å². The molecule has 0 atom stereocenters. The number of aliphatic carboxylic acids is 1. The van der Waals surface area contributed by atoms with Crippen LogP contribution in [0.1, 0.15) is 32.1 Å². The van der Waals surface area contributed by atoms with E-state index >= 15 is 0 Å². The number of carbonyl (C=O) groups excluding carboxylic acids is 1. The monoisotopic (exact) mass is 246 g/mol. The van der Waals surface area contributed by atoms with Crippen LogP contribution in [0.4, 0.5) is 4.79 Å². The molecule has 3 N–H and O–H groups in total. The Morgan fingerprint density at radius 1 is 1.06 bits per heavy atom. The van der Waals surface area contributed by atoms with Gasteiger partial charge in [-0.1, -0.05) is 12.8 Å². The molecule has 0 aromatic rings. The van der Waals surface area contributed by atoms with Crippen molar-refractivity contribution in [2.75, 3.05) is 26.8 Å². The number of carbonyl (C=O) groups is 2. The van der Waals surface area contributed by atoms with Gasteiger partial charge in [0.25, 0.3) is 0 Å². The van der Waals surface area contributed by atoms with E-state index in [9.17, 15) is 9.59 Å². The van der Waals surface area contributed by atoms with E-state index < -0.39 is 5.97 Å². The molecule has 0 aromatic heterocycles. The van der Waals surface area contributed by atoms with Crippen LogP contribution in [-0.4, -0.2) is 43.9 Å². The molecule has 0 aromatic carbocycles. The van der Waals surface area contributed by atoms with Crippen molar-refractivity contribution in [3.8, 4) is 0 Å². The number of unbranched alkanes of at least 4 members (excludes halogenated alkanes) is 3. The van der Waals surface area contributed by atoms with E-state index in [1.807, 2.05) is 0 Å². The molecule has 0 saturated carbocycles. The van der Waals surface area contributed by atoms with Crippen LogP contribution in [0, 0.1) is 0 Å². The highest BCUT2D eigenvalue weighted by molar-refractivity contribution is 5.73. The summed E-state index contributed by atoms with van der Waals surface area (Å²) >= 11 is 0. The number of hydrogen-bond donors (Lipinski definition) is 3. The number of amides is 2. The minimum Gasteiger partial charge on any atom is -0.481 e. The number of carboxylic acid groups (broad SMARTS) is 1. The molecule has 0 aliphatic rings. The van der Waals surface area contributed by atoms with Crippen molar-refractivity contribution in [2.45, 2.75) is 32.1 Å². The number of methoxy groups -OCH3 is 1. The lowest BCUT2D eigenvalue weighted by molar-refractivity contribution is -0.137. The van der Waals surface area contributed by atoms with Gasteiger partial charge in [0, 0.05) is 26.6 Å². The second-order valence-electron chi connectivity index (χ2n) is 3.73. The summed E-state index contributed by atoms with van der Waals surface area (Å²) in [6.45, 7) is 1.62. The molecule has 0 heterocycles. The maximum atomic E-state index is 11.1. The van der Waals surface area contributed by atoms with Gasteiger partial charge >= 0.3 is 12.0 Å². The van der Waals surface area contributed by atoms with Gasteiger partial charge in [-0.05, 0) is 12.8 Å². The van der Waals surface area contributed by atoms with Crippen LogP contribution in [0.25, 0.3) is 0 Å². The Bertz CT molecular complexity index is 222. The van der Waals surface area contributed by atoms with Gasteiger partial charge in [-0.25, -0.2) is 4.79 Å². The van der Waals surface area contributed by atoms with Gasteiger partial charge in [-0.3, -0.25) is 4.79 Å². The highest BCUT2D eigenvalue weighted by atomic mass is 16.5. The molecule has 0 spiro atoms. The normalized spacial score (nSPS) is 9.94. The van der Waals surface area contributed by atoms with Crippen LogP contribution in [0.3, 0.4) is 0 Å². The van der Waals surface area contributed by atoms with Crippen LogP contribution < -0.4 is 10.6 Å². The summed E-state index contributed by atoms with van der Waals surface area (Å²) in [7, 11) is 1.58. The Morgan fingerprint density at radius 3 is 2.35 bits per heavy atom. The summed E-state index contributed by atoms with van der Waals surface area (Å²) in [5.41, 5.74) is 0. The Morgan fingerprint density at radius 2 is 1.71 bits per heavy atom. The van der Waals surface area contributed by atoms with E-state index in [-0.39, 0.29) is 12.5 Å². The molecular formula is C11H22N2O4. The molecule has 0 aliphatic carbocycles. The van der Waals surface area contributed by atoms with Crippen molar-refractivity contribution in [1.82, 2.24) is 10.6 Å².